The molecule has 2 amide bonds. The standard InChI is InChI=1S/C10H16N2O/c1-10(6-7-10)12-9(13)11-8-4-2-3-5-8/h2-3,8H,4-7H2,1H3,(H2,11,12,13). The number of nitrogens with one attached hydrogen (secondary N) is 2. The van der Waals surface area contributed by atoms with Gasteiger partial charge in [-0.15, -0.1) is 0 Å². The third-order valence-corrected chi connectivity index (χ3v) is 2.76. The van der Waals surface area contributed by atoms with Crippen molar-refractivity contribution in [2.45, 2.75) is 44.2 Å². The van der Waals surface area contributed by atoms with Crippen molar-refractivity contribution < 1.29 is 4.79 Å². The van der Waals surface area contributed by atoms with Crippen LogP contribution in [0.3, 0.4) is 0 Å². The van der Waals surface area contributed by atoms with Gasteiger partial charge in [0.15, 0.2) is 0 Å². The molecule has 0 saturated heterocycles. The van der Waals surface area contributed by atoms with E-state index in [0.29, 0.717) is 6.04 Å². The lowest BCUT2D eigenvalue weighted by atomic mass is 10.2. The van der Waals surface area contributed by atoms with E-state index in [1.807, 2.05) is 0 Å². The molecule has 1 fully saturated rings. The molecule has 0 bridgehead atoms. The molecule has 0 radical (unpaired) electrons. The van der Waals surface area contributed by atoms with Gasteiger partial charge in [0.25, 0.3) is 0 Å². The van der Waals surface area contributed by atoms with Gasteiger partial charge in [-0.3, -0.25) is 0 Å². The Morgan fingerprint density at radius 3 is 2.54 bits per heavy atom. The number of carbonyl (C=O) groups excluding carboxylic acids is 1. The first-order chi connectivity index (χ1) is 6.18. The van der Waals surface area contributed by atoms with Gasteiger partial charge in [-0.25, -0.2) is 4.79 Å². The van der Waals surface area contributed by atoms with E-state index in [0.717, 1.165) is 25.7 Å². The molecule has 0 spiro atoms. The number of rotatable bonds is 2. The highest BCUT2D eigenvalue weighted by Crippen LogP contribution is 2.34. The Balaban J connectivity index is 1.72. The highest BCUT2D eigenvalue weighted by atomic mass is 16.2. The van der Waals surface area contributed by atoms with Crippen LogP contribution in [0.2, 0.25) is 0 Å². The average molecular weight is 180 g/mol. The van der Waals surface area contributed by atoms with Crippen molar-refractivity contribution >= 4 is 6.03 Å². The summed E-state index contributed by atoms with van der Waals surface area (Å²) >= 11 is 0. The molecular formula is C10H16N2O. The molecule has 0 heterocycles. The van der Waals surface area contributed by atoms with Crippen LogP contribution in [-0.2, 0) is 0 Å². The number of hydrogen-bond acceptors (Lipinski definition) is 1. The molecule has 3 heteroatoms. The van der Waals surface area contributed by atoms with Crippen molar-refractivity contribution in [3.05, 3.63) is 12.2 Å². The predicted octanol–water partition coefficient (Wildman–Crippen LogP) is 1.56. The minimum atomic E-state index is -0.00583. The third-order valence-electron chi connectivity index (χ3n) is 2.76. The summed E-state index contributed by atoms with van der Waals surface area (Å²) in [5.41, 5.74) is 0.0934. The fourth-order valence-electron chi connectivity index (χ4n) is 1.54. The highest BCUT2D eigenvalue weighted by molar-refractivity contribution is 5.75. The monoisotopic (exact) mass is 180 g/mol. The van der Waals surface area contributed by atoms with E-state index in [9.17, 15) is 4.79 Å². The Morgan fingerprint density at radius 2 is 2.00 bits per heavy atom. The van der Waals surface area contributed by atoms with Gasteiger partial charge >= 0.3 is 6.03 Å². The topological polar surface area (TPSA) is 41.1 Å². The van der Waals surface area contributed by atoms with Gasteiger partial charge in [-0.1, -0.05) is 12.2 Å². The Bertz CT molecular complexity index is 235. The lowest BCUT2D eigenvalue weighted by Gasteiger charge is -2.16. The second-order valence-electron chi connectivity index (χ2n) is 4.30. The molecule has 3 nitrogen and oxygen atoms in total. The molecule has 2 rings (SSSR count). The largest absolute Gasteiger partial charge is 0.335 e. The van der Waals surface area contributed by atoms with Gasteiger partial charge in [0, 0.05) is 11.6 Å². The minimum absolute atomic E-state index is 0.00583. The van der Waals surface area contributed by atoms with Gasteiger partial charge < -0.3 is 10.6 Å². The lowest BCUT2D eigenvalue weighted by Crippen LogP contribution is -2.45. The zero-order valence-corrected chi connectivity index (χ0v) is 7.97. The summed E-state index contributed by atoms with van der Waals surface area (Å²) in [6.45, 7) is 2.08. The fourth-order valence-corrected chi connectivity index (χ4v) is 1.54. The Morgan fingerprint density at radius 1 is 1.38 bits per heavy atom. The number of urea groups is 1. The van der Waals surface area contributed by atoms with Crippen molar-refractivity contribution in [3.8, 4) is 0 Å². The Hall–Kier alpha value is -0.990. The second-order valence-corrected chi connectivity index (χ2v) is 4.30. The maximum absolute atomic E-state index is 11.4. The molecule has 1 saturated carbocycles. The van der Waals surface area contributed by atoms with E-state index >= 15 is 0 Å². The normalized spacial score (nSPS) is 24.4. The molecule has 0 aromatic rings. The van der Waals surface area contributed by atoms with Crippen molar-refractivity contribution in [1.82, 2.24) is 10.6 Å². The number of amides is 2. The maximum Gasteiger partial charge on any atom is 0.315 e. The molecule has 0 aromatic heterocycles. The summed E-state index contributed by atoms with van der Waals surface area (Å²) < 4.78 is 0. The van der Waals surface area contributed by atoms with E-state index in [1.54, 1.807) is 0 Å². The molecule has 0 atom stereocenters. The van der Waals surface area contributed by atoms with Crippen molar-refractivity contribution in [2.75, 3.05) is 0 Å². The smallest absolute Gasteiger partial charge is 0.315 e. The van der Waals surface area contributed by atoms with E-state index in [2.05, 4.69) is 29.7 Å². The summed E-state index contributed by atoms with van der Waals surface area (Å²) in [7, 11) is 0. The highest BCUT2D eigenvalue weighted by Gasteiger charge is 2.38. The first-order valence-corrected chi connectivity index (χ1v) is 4.92. The lowest BCUT2D eigenvalue weighted by molar-refractivity contribution is 0.233. The van der Waals surface area contributed by atoms with Crippen molar-refractivity contribution in [1.29, 1.82) is 0 Å². The molecule has 72 valence electrons. The summed E-state index contributed by atoms with van der Waals surface area (Å²) in [5, 5.41) is 5.94. The molecule has 13 heavy (non-hydrogen) atoms. The van der Waals surface area contributed by atoms with Gasteiger partial charge in [0.05, 0.1) is 0 Å². The van der Waals surface area contributed by atoms with E-state index in [-0.39, 0.29) is 11.6 Å². The quantitative estimate of drug-likeness (QED) is 0.622. The maximum atomic E-state index is 11.4. The van der Waals surface area contributed by atoms with Crippen LogP contribution in [0.4, 0.5) is 4.79 Å². The zero-order chi connectivity index (χ0) is 9.31. The van der Waals surface area contributed by atoms with Gasteiger partial charge in [0.2, 0.25) is 0 Å². The van der Waals surface area contributed by atoms with Crippen LogP contribution in [0.5, 0.6) is 0 Å². The van der Waals surface area contributed by atoms with E-state index in [1.165, 1.54) is 0 Å². The van der Waals surface area contributed by atoms with Crippen LogP contribution in [0.15, 0.2) is 12.2 Å². The van der Waals surface area contributed by atoms with Crippen LogP contribution in [0, 0.1) is 0 Å². The van der Waals surface area contributed by atoms with Gasteiger partial charge in [-0.2, -0.15) is 0 Å². The SMILES string of the molecule is CC1(NC(=O)NC2CC=CC2)CC1. The first-order valence-electron chi connectivity index (χ1n) is 4.92. The molecule has 0 aliphatic heterocycles. The number of carbonyl (C=O) groups is 1. The third kappa shape index (κ3) is 2.23. The molecule has 2 aliphatic rings. The van der Waals surface area contributed by atoms with Gasteiger partial charge in [0.1, 0.15) is 0 Å². The molecular weight excluding hydrogens is 164 g/mol. The first kappa shape index (κ1) is 8.60. The fraction of sp³-hybridized carbons (Fsp3) is 0.700. The predicted molar refractivity (Wildman–Crippen MR) is 51.5 cm³/mol. The molecule has 0 unspecified atom stereocenters. The summed E-state index contributed by atoms with van der Waals surface area (Å²) in [6.07, 6.45) is 8.41. The summed E-state index contributed by atoms with van der Waals surface area (Å²) in [6, 6.07) is 0.316. The zero-order valence-electron chi connectivity index (χ0n) is 7.97. The van der Waals surface area contributed by atoms with Crippen molar-refractivity contribution in [2.24, 2.45) is 0 Å². The van der Waals surface area contributed by atoms with Crippen LogP contribution in [0.1, 0.15) is 32.6 Å². The van der Waals surface area contributed by atoms with Gasteiger partial charge in [-0.05, 0) is 32.6 Å². The number of hydrogen-bond donors (Lipinski definition) is 2. The molecule has 0 aromatic carbocycles. The second kappa shape index (κ2) is 3.05. The van der Waals surface area contributed by atoms with Crippen LogP contribution in [0.25, 0.3) is 0 Å². The molecule has 2 aliphatic carbocycles. The minimum Gasteiger partial charge on any atom is -0.335 e. The van der Waals surface area contributed by atoms with Crippen LogP contribution < -0.4 is 10.6 Å². The Kier molecular flexibility index (Phi) is 2.02. The summed E-state index contributed by atoms with van der Waals surface area (Å²) in [5.74, 6) is 0. The van der Waals surface area contributed by atoms with Crippen LogP contribution in [-0.4, -0.2) is 17.6 Å². The van der Waals surface area contributed by atoms with Crippen LogP contribution >= 0.6 is 0 Å². The summed E-state index contributed by atoms with van der Waals surface area (Å²) in [4.78, 5) is 11.4. The average Bonchev–Trinajstić information content (AvgIpc) is 2.61. The molecule has 2 N–H and O–H groups in total. The van der Waals surface area contributed by atoms with Crippen molar-refractivity contribution in [3.63, 3.8) is 0 Å². The Labute approximate surface area is 78.6 Å². The van der Waals surface area contributed by atoms with E-state index in [4.69, 9.17) is 0 Å². The van der Waals surface area contributed by atoms with E-state index < -0.39 is 0 Å².